The lowest BCUT2D eigenvalue weighted by Crippen LogP contribution is -2.43. The zero-order valence-corrected chi connectivity index (χ0v) is 20.9. The van der Waals surface area contributed by atoms with E-state index in [2.05, 4.69) is 56.7 Å². The molecule has 2 heterocycles. The Labute approximate surface area is 202 Å². The number of hydrogen-bond donors (Lipinski definition) is 2. The number of nitrogens with one attached hydrogen (secondary N) is 2. The molecule has 0 radical (unpaired) electrons. The summed E-state index contributed by atoms with van der Waals surface area (Å²) in [5.74, 6) is 0.638. The Morgan fingerprint density at radius 1 is 1.19 bits per heavy atom. The second-order valence-corrected chi connectivity index (χ2v) is 8.37. The number of thiazole rings is 1. The van der Waals surface area contributed by atoms with Gasteiger partial charge < -0.3 is 10.6 Å². The van der Waals surface area contributed by atoms with Crippen molar-refractivity contribution >= 4 is 41.3 Å². The number of aliphatic imine (C=N–C) groups is 1. The van der Waals surface area contributed by atoms with E-state index in [0.29, 0.717) is 30.5 Å². The average Bonchev–Trinajstić information content (AvgIpc) is 3.40. The van der Waals surface area contributed by atoms with Crippen LogP contribution >= 0.6 is 35.3 Å². The fourth-order valence-electron chi connectivity index (χ4n) is 3.56. The highest BCUT2D eigenvalue weighted by Gasteiger charge is 2.33. The Balaban J connectivity index is 0.00000341. The lowest BCUT2D eigenvalue weighted by atomic mass is 10.0. The maximum Gasteiger partial charge on any atom is 0.434 e. The van der Waals surface area contributed by atoms with Crippen molar-refractivity contribution in [1.82, 2.24) is 20.5 Å². The number of guanidine groups is 1. The maximum absolute atomic E-state index is 12.7. The van der Waals surface area contributed by atoms with Gasteiger partial charge in [0, 0.05) is 31.9 Å². The number of aryl methyl sites for hydroxylation is 1. The van der Waals surface area contributed by atoms with Gasteiger partial charge in [-0.1, -0.05) is 29.8 Å². The average molecular weight is 567 g/mol. The molecule has 172 valence electrons. The molecule has 1 fully saturated rings. The first-order valence-electron chi connectivity index (χ1n) is 10.1. The van der Waals surface area contributed by atoms with Gasteiger partial charge in [0.25, 0.3) is 0 Å². The number of halogens is 4. The predicted molar refractivity (Wildman–Crippen MR) is 130 cm³/mol. The van der Waals surface area contributed by atoms with Gasteiger partial charge in [0.1, 0.15) is 0 Å². The third-order valence-electron chi connectivity index (χ3n) is 5.20. The first-order valence-corrected chi connectivity index (χ1v) is 11.0. The normalized spacial score (nSPS) is 16.1. The molecule has 0 spiro atoms. The van der Waals surface area contributed by atoms with Crippen LogP contribution in [0.3, 0.4) is 0 Å². The SMILES string of the molecule is CN=C(NCCc1nc(C(F)(F)F)cs1)NCC(c1ccc(C)cc1)N1CCCC1.I. The number of likely N-dealkylation sites (tertiary alicyclic amines) is 1. The molecule has 2 N–H and O–H groups in total. The third kappa shape index (κ3) is 7.60. The largest absolute Gasteiger partial charge is 0.434 e. The van der Waals surface area contributed by atoms with E-state index in [9.17, 15) is 13.2 Å². The molecular weight excluding hydrogens is 538 g/mol. The number of rotatable bonds is 7. The summed E-state index contributed by atoms with van der Waals surface area (Å²) in [6.45, 7) is 5.41. The summed E-state index contributed by atoms with van der Waals surface area (Å²) in [6.07, 6.45) is -1.55. The Morgan fingerprint density at radius 3 is 2.45 bits per heavy atom. The van der Waals surface area contributed by atoms with E-state index in [0.717, 1.165) is 29.8 Å². The standard InChI is InChI=1S/C21H28F3N5S.HI/c1-15-5-7-16(8-6-15)17(29-11-3-4-12-29)13-27-20(25-2)26-10-9-19-28-18(14-30-19)21(22,23)24;/h5-8,14,17H,3-4,9-13H2,1-2H3,(H2,25,26,27);1H. The number of alkyl halides is 3. The van der Waals surface area contributed by atoms with Gasteiger partial charge in [0.05, 0.1) is 11.0 Å². The fraction of sp³-hybridized carbons (Fsp3) is 0.524. The minimum absolute atomic E-state index is 0. The topological polar surface area (TPSA) is 52.6 Å². The second-order valence-electron chi connectivity index (χ2n) is 7.42. The van der Waals surface area contributed by atoms with Crippen LogP contribution in [0, 0.1) is 6.92 Å². The van der Waals surface area contributed by atoms with Crippen LogP contribution in [0.1, 0.15) is 40.7 Å². The molecule has 0 amide bonds. The molecule has 0 aliphatic carbocycles. The van der Waals surface area contributed by atoms with Gasteiger partial charge in [-0.05, 0) is 38.4 Å². The van der Waals surface area contributed by atoms with Crippen molar-refractivity contribution in [3.63, 3.8) is 0 Å². The second kappa shape index (κ2) is 12.0. The molecule has 31 heavy (non-hydrogen) atoms. The quantitative estimate of drug-likeness (QED) is 0.291. The van der Waals surface area contributed by atoms with E-state index in [1.807, 2.05) is 0 Å². The van der Waals surface area contributed by atoms with Gasteiger partial charge in [-0.15, -0.1) is 35.3 Å². The molecule has 1 atom stereocenters. The van der Waals surface area contributed by atoms with Crippen LogP contribution in [-0.4, -0.2) is 49.1 Å². The highest BCUT2D eigenvalue weighted by molar-refractivity contribution is 14.0. The Morgan fingerprint density at radius 2 is 1.87 bits per heavy atom. The highest BCUT2D eigenvalue weighted by atomic mass is 127. The van der Waals surface area contributed by atoms with E-state index in [1.165, 1.54) is 24.0 Å². The zero-order valence-electron chi connectivity index (χ0n) is 17.7. The van der Waals surface area contributed by atoms with Crippen molar-refractivity contribution in [1.29, 1.82) is 0 Å². The van der Waals surface area contributed by atoms with Gasteiger partial charge in [0.2, 0.25) is 0 Å². The lowest BCUT2D eigenvalue weighted by Gasteiger charge is -2.29. The van der Waals surface area contributed by atoms with E-state index in [4.69, 9.17) is 0 Å². The summed E-state index contributed by atoms with van der Waals surface area (Å²) in [5.41, 5.74) is 1.68. The lowest BCUT2D eigenvalue weighted by molar-refractivity contribution is -0.140. The minimum Gasteiger partial charge on any atom is -0.356 e. The summed E-state index contributed by atoms with van der Waals surface area (Å²) >= 11 is 1.03. The van der Waals surface area contributed by atoms with Gasteiger partial charge >= 0.3 is 6.18 Å². The van der Waals surface area contributed by atoms with Gasteiger partial charge in [-0.25, -0.2) is 4.98 Å². The molecule has 0 saturated carbocycles. The predicted octanol–water partition coefficient (Wildman–Crippen LogP) is 4.63. The third-order valence-corrected chi connectivity index (χ3v) is 6.11. The number of benzene rings is 1. The Bertz CT molecular complexity index is 832. The Hall–Kier alpha value is -1.40. The summed E-state index contributed by atoms with van der Waals surface area (Å²) in [5, 5.41) is 8.07. The van der Waals surface area contributed by atoms with Crippen LogP contribution in [0.2, 0.25) is 0 Å². The van der Waals surface area contributed by atoms with E-state index in [1.54, 1.807) is 7.05 Å². The summed E-state index contributed by atoms with van der Waals surface area (Å²) in [6, 6.07) is 8.87. The summed E-state index contributed by atoms with van der Waals surface area (Å²) in [4.78, 5) is 10.4. The molecule has 1 aliphatic heterocycles. The van der Waals surface area contributed by atoms with Crippen LogP contribution < -0.4 is 10.6 Å². The fourth-order valence-corrected chi connectivity index (χ4v) is 4.36. The number of aromatic nitrogens is 1. The molecule has 1 aliphatic rings. The van der Waals surface area contributed by atoms with Crippen molar-refractivity contribution in [2.24, 2.45) is 4.99 Å². The summed E-state index contributed by atoms with van der Waals surface area (Å²) in [7, 11) is 1.69. The van der Waals surface area contributed by atoms with Crippen LogP contribution in [0.25, 0.3) is 0 Å². The van der Waals surface area contributed by atoms with Gasteiger partial charge in [0.15, 0.2) is 11.7 Å². The summed E-state index contributed by atoms with van der Waals surface area (Å²) < 4.78 is 38.0. The molecule has 10 heteroatoms. The van der Waals surface area contributed by atoms with E-state index < -0.39 is 11.9 Å². The van der Waals surface area contributed by atoms with Gasteiger partial charge in [-0.2, -0.15) is 13.2 Å². The molecule has 1 saturated heterocycles. The number of nitrogens with zero attached hydrogens (tertiary/aromatic N) is 3. The van der Waals surface area contributed by atoms with Crippen LogP contribution in [0.4, 0.5) is 13.2 Å². The Kier molecular flexibility index (Phi) is 10.0. The molecule has 1 unspecified atom stereocenters. The highest BCUT2D eigenvalue weighted by Crippen LogP contribution is 2.30. The van der Waals surface area contributed by atoms with Crippen molar-refractivity contribution in [3.8, 4) is 0 Å². The van der Waals surface area contributed by atoms with Crippen LogP contribution in [0.5, 0.6) is 0 Å². The van der Waals surface area contributed by atoms with Crippen molar-refractivity contribution in [2.75, 3.05) is 33.2 Å². The van der Waals surface area contributed by atoms with Gasteiger partial charge in [-0.3, -0.25) is 9.89 Å². The van der Waals surface area contributed by atoms with Crippen molar-refractivity contribution in [3.05, 3.63) is 51.5 Å². The smallest absolute Gasteiger partial charge is 0.356 e. The molecule has 1 aromatic heterocycles. The van der Waals surface area contributed by atoms with Crippen LogP contribution in [-0.2, 0) is 12.6 Å². The molecule has 3 rings (SSSR count). The molecule has 1 aromatic carbocycles. The minimum atomic E-state index is -4.39. The molecule has 2 aromatic rings. The molecular formula is C21H29F3IN5S. The van der Waals surface area contributed by atoms with E-state index in [-0.39, 0.29) is 30.0 Å². The zero-order chi connectivity index (χ0) is 21.6. The van der Waals surface area contributed by atoms with E-state index >= 15 is 0 Å². The first kappa shape index (κ1) is 25.9. The number of hydrogen-bond acceptors (Lipinski definition) is 4. The molecule has 0 bridgehead atoms. The monoisotopic (exact) mass is 567 g/mol. The van der Waals surface area contributed by atoms with Crippen molar-refractivity contribution in [2.45, 2.75) is 38.4 Å². The van der Waals surface area contributed by atoms with Crippen molar-refractivity contribution < 1.29 is 13.2 Å². The first-order chi connectivity index (χ1) is 14.4. The molecule has 5 nitrogen and oxygen atoms in total. The van der Waals surface area contributed by atoms with Crippen LogP contribution in [0.15, 0.2) is 34.6 Å². The maximum atomic E-state index is 12.7.